The Morgan fingerprint density at radius 3 is 1.77 bits per heavy atom. The SMILES string of the molecule is [CH2]C[CH2][Lu]([CH]1C=Cc2ccccc21)[CH]1C=Cc2ccccc21. The monoisotopic (exact) mass is 447 g/mol. The second-order valence-corrected chi connectivity index (χ2v) is 10.2. The average molecular weight is 447 g/mol. The molecule has 0 heterocycles. The summed E-state index contributed by atoms with van der Waals surface area (Å²) in [4.78, 5) is 0. The van der Waals surface area contributed by atoms with Gasteiger partial charge >= 0.3 is 146 Å². The van der Waals surface area contributed by atoms with Crippen molar-refractivity contribution in [3.05, 3.63) is 89.9 Å². The minimum absolute atomic E-state index is 0.624. The minimum atomic E-state index is -0.720. The van der Waals surface area contributed by atoms with Gasteiger partial charge in [0.25, 0.3) is 0 Å². The van der Waals surface area contributed by atoms with Crippen LogP contribution in [0, 0.1) is 38.0 Å². The van der Waals surface area contributed by atoms with Gasteiger partial charge in [-0.3, -0.25) is 0 Å². The predicted molar refractivity (Wildman–Crippen MR) is 91.2 cm³/mol. The maximum absolute atomic E-state index is 4.16. The Morgan fingerprint density at radius 1 is 0.773 bits per heavy atom. The van der Waals surface area contributed by atoms with Gasteiger partial charge in [-0.2, -0.15) is 0 Å². The third-order valence-corrected chi connectivity index (χ3v) is 9.87. The molecule has 2 aliphatic rings. The Kier molecular flexibility index (Phi) is 4.24. The summed E-state index contributed by atoms with van der Waals surface area (Å²) < 4.78 is 2.52. The molecule has 1 radical (unpaired) electrons. The van der Waals surface area contributed by atoms with E-state index in [1.54, 1.807) is 0 Å². The molecule has 119 valence electrons. The Morgan fingerprint density at radius 2 is 1.27 bits per heavy atom. The fraction of sp³-hybridized carbons (Fsp3) is 0.190. The second kappa shape index (κ2) is 6.34. The van der Waals surface area contributed by atoms with E-state index in [0.29, 0.717) is 4.28 Å². The molecule has 0 saturated carbocycles. The average Bonchev–Trinajstić information content (AvgIpc) is 3.17. The van der Waals surface area contributed by atoms with E-state index in [4.69, 9.17) is 0 Å². The van der Waals surface area contributed by atoms with E-state index in [9.17, 15) is 0 Å². The number of benzene rings is 2. The Balaban J connectivity index is 1.72. The summed E-state index contributed by atoms with van der Waals surface area (Å²) in [5, 5.41) is 0. The molecule has 0 N–H and O–H groups in total. The molecular formula is C21H20Lu. The van der Waals surface area contributed by atoms with Crippen molar-refractivity contribution in [2.24, 2.45) is 0 Å². The topological polar surface area (TPSA) is 0 Å². The van der Waals surface area contributed by atoms with E-state index < -0.39 is 31.1 Å². The van der Waals surface area contributed by atoms with Crippen LogP contribution in [0.5, 0.6) is 0 Å². The molecule has 0 aliphatic heterocycles. The van der Waals surface area contributed by atoms with E-state index in [1.807, 2.05) is 0 Å². The first-order valence-corrected chi connectivity index (χ1v) is 10.7. The molecule has 2 aliphatic carbocycles. The van der Waals surface area contributed by atoms with E-state index in [0.717, 1.165) is 6.42 Å². The van der Waals surface area contributed by atoms with Gasteiger partial charge in [-0.15, -0.1) is 0 Å². The number of allylic oxidation sites excluding steroid dienone is 2. The standard InChI is InChI=1S/2C9H7.C3H6.Lu/c2*1-2-5-9-7-3-6-8(9)4-1;1-3-2;/h2*1-7H;1-3H2;. The summed E-state index contributed by atoms with van der Waals surface area (Å²) in [6.45, 7) is 4.16. The predicted octanol–water partition coefficient (Wildman–Crippen LogP) is 5.79. The van der Waals surface area contributed by atoms with Crippen LogP contribution in [-0.4, -0.2) is 0 Å². The normalized spacial score (nSPS) is 21.8. The molecule has 0 nitrogen and oxygen atoms in total. The first kappa shape index (κ1) is 14.7. The van der Waals surface area contributed by atoms with Crippen LogP contribution in [0.3, 0.4) is 0 Å². The molecule has 0 fully saturated rings. The molecule has 2 atom stereocenters. The van der Waals surface area contributed by atoms with Crippen LogP contribution in [0.2, 0.25) is 2.64 Å². The van der Waals surface area contributed by atoms with Gasteiger partial charge in [0.2, 0.25) is 0 Å². The third kappa shape index (κ3) is 2.51. The Bertz CT molecular complexity index is 680. The molecular weight excluding hydrogens is 427 g/mol. The van der Waals surface area contributed by atoms with Gasteiger partial charge in [0.15, 0.2) is 0 Å². The molecule has 0 spiro atoms. The summed E-state index contributed by atoms with van der Waals surface area (Å²) in [5.74, 6) is 0. The number of hydrogen-bond acceptors (Lipinski definition) is 0. The Labute approximate surface area is 145 Å². The van der Waals surface area contributed by atoms with Crippen molar-refractivity contribution in [2.75, 3.05) is 0 Å². The summed E-state index contributed by atoms with van der Waals surface area (Å²) >= 11 is -0.720. The van der Waals surface area contributed by atoms with Crippen molar-refractivity contribution in [1.82, 2.24) is 0 Å². The van der Waals surface area contributed by atoms with E-state index in [1.165, 1.54) is 24.9 Å². The number of rotatable bonds is 4. The quantitative estimate of drug-likeness (QED) is 0.557. The van der Waals surface area contributed by atoms with E-state index in [2.05, 4.69) is 79.8 Å². The summed E-state index contributed by atoms with van der Waals surface area (Å²) in [5.41, 5.74) is 5.90. The number of fused-ring (bicyclic) bond motifs is 2. The summed E-state index contributed by atoms with van der Waals surface area (Å²) in [6.07, 6.45) is 10.6. The van der Waals surface area contributed by atoms with Crippen molar-refractivity contribution in [2.45, 2.75) is 13.3 Å². The third-order valence-electron chi connectivity index (χ3n) is 4.01. The molecule has 1 heteroatoms. The van der Waals surface area contributed by atoms with Crippen LogP contribution < -0.4 is 0 Å². The molecule has 2 aromatic rings. The van der Waals surface area contributed by atoms with Crippen molar-refractivity contribution in [1.29, 1.82) is 0 Å². The van der Waals surface area contributed by atoms with Crippen LogP contribution in [0.1, 0.15) is 33.0 Å². The van der Waals surface area contributed by atoms with Crippen LogP contribution >= 0.6 is 0 Å². The van der Waals surface area contributed by atoms with Gasteiger partial charge < -0.3 is 0 Å². The summed E-state index contributed by atoms with van der Waals surface area (Å²) in [7, 11) is 0. The van der Waals surface area contributed by atoms with Crippen molar-refractivity contribution in [3.8, 4) is 0 Å². The first-order valence-electron chi connectivity index (χ1n) is 7.62. The Hall–Kier alpha value is -0.846. The van der Waals surface area contributed by atoms with Gasteiger partial charge in [0.1, 0.15) is 0 Å². The summed E-state index contributed by atoms with van der Waals surface area (Å²) in [6, 6.07) is 17.8. The van der Waals surface area contributed by atoms with Gasteiger partial charge in [0, 0.05) is 0 Å². The van der Waals surface area contributed by atoms with Gasteiger partial charge in [-0.05, 0) is 0 Å². The van der Waals surface area contributed by atoms with Gasteiger partial charge in [-0.1, -0.05) is 0 Å². The maximum atomic E-state index is 4.16. The van der Waals surface area contributed by atoms with Crippen LogP contribution in [-0.2, 0) is 0 Å². The molecule has 4 rings (SSSR count). The van der Waals surface area contributed by atoms with Crippen LogP contribution in [0.4, 0.5) is 0 Å². The molecule has 2 unspecified atom stereocenters. The zero-order valence-electron chi connectivity index (χ0n) is 12.5. The van der Waals surface area contributed by atoms with Crippen molar-refractivity contribution >= 4 is 12.2 Å². The van der Waals surface area contributed by atoms with Crippen LogP contribution in [0.25, 0.3) is 12.2 Å². The molecule has 0 saturated heterocycles. The molecule has 0 bridgehead atoms. The zero-order chi connectivity index (χ0) is 14.9. The fourth-order valence-corrected chi connectivity index (χ4v) is 8.71. The van der Waals surface area contributed by atoms with E-state index in [-0.39, 0.29) is 0 Å². The van der Waals surface area contributed by atoms with Gasteiger partial charge in [0.05, 0.1) is 0 Å². The van der Waals surface area contributed by atoms with Crippen molar-refractivity contribution in [3.63, 3.8) is 0 Å². The molecule has 0 aromatic heterocycles. The van der Waals surface area contributed by atoms with Gasteiger partial charge in [-0.25, -0.2) is 0 Å². The molecule has 2 aromatic carbocycles. The number of hydrogen-bond donors (Lipinski definition) is 0. The first-order chi connectivity index (χ1) is 10.9. The van der Waals surface area contributed by atoms with Crippen molar-refractivity contribution < 1.29 is 31.1 Å². The fourth-order valence-electron chi connectivity index (χ4n) is 3.03. The van der Waals surface area contributed by atoms with E-state index >= 15 is 0 Å². The molecule has 22 heavy (non-hydrogen) atoms. The van der Waals surface area contributed by atoms with Crippen LogP contribution in [0.15, 0.2) is 60.7 Å². The zero-order valence-corrected chi connectivity index (χ0v) is 14.1. The second-order valence-electron chi connectivity index (χ2n) is 5.41. The molecule has 0 amide bonds.